The van der Waals surface area contributed by atoms with Gasteiger partial charge in [-0.05, 0) is 45.6 Å². The molecule has 0 aliphatic heterocycles. The minimum atomic E-state index is -1.21. The molecular weight excluding hydrogens is 419 g/mol. The van der Waals surface area contributed by atoms with E-state index < -0.39 is 6.30 Å². The van der Waals surface area contributed by atoms with E-state index in [-0.39, 0.29) is 6.04 Å². The van der Waals surface area contributed by atoms with Gasteiger partial charge in [0.2, 0.25) is 0 Å². The van der Waals surface area contributed by atoms with E-state index in [1.165, 1.54) is 24.4 Å². The highest BCUT2D eigenvalue weighted by Gasteiger charge is 2.29. The van der Waals surface area contributed by atoms with Crippen molar-refractivity contribution in [3.63, 3.8) is 0 Å². The van der Waals surface area contributed by atoms with Crippen LogP contribution in [0.15, 0.2) is 35.4 Å². The molecule has 0 N–H and O–H groups in total. The molecule has 33 heavy (non-hydrogen) atoms. The lowest BCUT2D eigenvalue weighted by atomic mass is 9.95. The molecule has 170 valence electrons. The van der Waals surface area contributed by atoms with E-state index in [9.17, 15) is 9.65 Å². The highest BCUT2D eigenvalue weighted by Crippen LogP contribution is 2.41. The smallest absolute Gasteiger partial charge is 0.188 e. The van der Waals surface area contributed by atoms with Crippen LogP contribution in [0.2, 0.25) is 0 Å². The second-order valence-electron chi connectivity index (χ2n) is 9.00. The number of alkyl halides is 1. The van der Waals surface area contributed by atoms with Crippen LogP contribution in [0.5, 0.6) is 0 Å². The Labute approximate surface area is 191 Å². The van der Waals surface area contributed by atoms with Crippen molar-refractivity contribution in [2.45, 2.75) is 65.2 Å². The summed E-state index contributed by atoms with van der Waals surface area (Å²) < 4.78 is 22.7. The molecule has 1 fully saturated rings. The van der Waals surface area contributed by atoms with Gasteiger partial charge in [0.25, 0.3) is 0 Å². The number of fused-ring (bicyclic) bond motifs is 1. The van der Waals surface area contributed by atoms with Crippen LogP contribution >= 0.6 is 0 Å². The first-order valence-corrected chi connectivity index (χ1v) is 11.5. The fourth-order valence-electron chi connectivity index (χ4n) is 5.24. The predicted molar refractivity (Wildman–Crippen MR) is 123 cm³/mol. The summed E-state index contributed by atoms with van der Waals surface area (Å²) in [7, 11) is 0. The lowest BCUT2D eigenvalue weighted by Crippen LogP contribution is -2.16. The summed E-state index contributed by atoms with van der Waals surface area (Å²) in [4.78, 5) is 4.84. The molecule has 1 saturated carbocycles. The molecular formula is C25H27FN6O. The molecule has 1 aliphatic rings. The molecule has 0 bridgehead atoms. The van der Waals surface area contributed by atoms with E-state index in [1.54, 1.807) is 12.4 Å². The number of halogens is 1. The van der Waals surface area contributed by atoms with Crippen LogP contribution in [0.3, 0.4) is 0 Å². The molecule has 7 nitrogen and oxygen atoms in total. The third-order valence-electron chi connectivity index (χ3n) is 6.87. The highest BCUT2D eigenvalue weighted by atomic mass is 19.1. The molecule has 0 radical (unpaired) electrons. The molecule has 4 aromatic heterocycles. The molecule has 0 amide bonds. The first-order valence-electron chi connectivity index (χ1n) is 11.5. The largest absolute Gasteiger partial charge is 0.361 e. The van der Waals surface area contributed by atoms with Crippen molar-refractivity contribution in [3.05, 3.63) is 42.3 Å². The average Bonchev–Trinajstić information content (AvgIpc) is 3.59. The number of aromatic nitrogens is 5. The first-order chi connectivity index (χ1) is 16.0. The fraction of sp³-hybridized carbons (Fsp3) is 0.440. The Hall–Kier alpha value is -3.47. The minimum absolute atomic E-state index is 0.0608. The van der Waals surface area contributed by atoms with Crippen molar-refractivity contribution >= 4 is 11.0 Å². The predicted octanol–water partition coefficient (Wildman–Crippen LogP) is 6.30. The average molecular weight is 447 g/mol. The standard InChI is InChI=1S/C25H27FN6O/c1-15-24(16(2)33-30-15)19-10-23-25(28-11-19)21(20-12-29-32(13-20)17(3)26)14-31(23)22(8-9-27)18-6-4-5-7-18/h10-14,17-18,22H,4-8H2,1-3H3. The topological polar surface area (TPSA) is 85.5 Å². The molecule has 0 aromatic carbocycles. The van der Waals surface area contributed by atoms with Crippen molar-refractivity contribution in [2.24, 2.45) is 5.92 Å². The summed E-state index contributed by atoms with van der Waals surface area (Å²) in [6, 6.07) is 4.58. The normalized spacial score (nSPS) is 16.3. The van der Waals surface area contributed by atoms with Crippen LogP contribution in [0, 0.1) is 31.1 Å². The van der Waals surface area contributed by atoms with Crippen LogP contribution in [0.1, 0.15) is 62.8 Å². The zero-order valence-electron chi connectivity index (χ0n) is 19.1. The minimum Gasteiger partial charge on any atom is -0.361 e. The number of nitriles is 1. The summed E-state index contributed by atoms with van der Waals surface area (Å²) in [5.74, 6) is 1.19. The molecule has 5 rings (SSSR count). The van der Waals surface area contributed by atoms with Crippen LogP contribution in [0.4, 0.5) is 4.39 Å². The van der Waals surface area contributed by atoms with Crippen LogP contribution in [0.25, 0.3) is 33.3 Å². The Morgan fingerprint density at radius 1 is 1.21 bits per heavy atom. The maximum Gasteiger partial charge on any atom is 0.188 e. The second kappa shape index (κ2) is 8.47. The van der Waals surface area contributed by atoms with E-state index >= 15 is 0 Å². The summed E-state index contributed by atoms with van der Waals surface area (Å²) >= 11 is 0. The molecule has 4 aromatic rings. The number of hydrogen-bond donors (Lipinski definition) is 0. The summed E-state index contributed by atoms with van der Waals surface area (Å²) in [6.45, 7) is 5.27. The van der Waals surface area contributed by atoms with Gasteiger partial charge in [0, 0.05) is 46.9 Å². The van der Waals surface area contributed by atoms with Gasteiger partial charge in [-0.2, -0.15) is 10.4 Å². The SMILES string of the molecule is Cc1noc(C)c1-c1cnc2c(-c3cnn(C(C)F)c3)cn(C(CC#N)C3CCCC3)c2c1. The van der Waals surface area contributed by atoms with E-state index in [1.807, 2.05) is 20.0 Å². The van der Waals surface area contributed by atoms with Crippen molar-refractivity contribution in [1.29, 1.82) is 5.26 Å². The molecule has 2 atom stereocenters. The quantitative estimate of drug-likeness (QED) is 0.347. The Kier molecular flexibility index (Phi) is 5.49. The van der Waals surface area contributed by atoms with Crippen LogP contribution in [-0.4, -0.2) is 24.5 Å². The monoisotopic (exact) mass is 446 g/mol. The molecule has 0 spiro atoms. The lowest BCUT2D eigenvalue weighted by molar-refractivity contribution is 0.245. The lowest BCUT2D eigenvalue weighted by Gasteiger charge is -2.24. The van der Waals surface area contributed by atoms with Crippen molar-refractivity contribution in [2.75, 3.05) is 0 Å². The number of hydrogen-bond acceptors (Lipinski definition) is 5. The van der Waals surface area contributed by atoms with Gasteiger partial charge in [-0.3, -0.25) is 4.98 Å². The zero-order valence-corrected chi connectivity index (χ0v) is 19.1. The number of pyridine rings is 1. The fourth-order valence-corrected chi connectivity index (χ4v) is 5.24. The Morgan fingerprint density at radius 3 is 2.64 bits per heavy atom. The van der Waals surface area contributed by atoms with Gasteiger partial charge in [0.05, 0.1) is 35.4 Å². The maximum absolute atomic E-state index is 13.8. The van der Waals surface area contributed by atoms with Gasteiger partial charge in [0.1, 0.15) is 5.76 Å². The Bertz CT molecular complexity index is 1320. The summed E-state index contributed by atoms with van der Waals surface area (Å²) in [5.41, 5.74) is 6.16. The van der Waals surface area contributed by atoms with Gasteiger partial charge in [-0.1, -0.05) is 18.0 Å². The van der Waals surface area contributed by atoms with Crippen LogP contribution in [-0.2, 0) is 0 Å². The van der Waals surface area contributed by atoms with Gasteiger partial charge >= 0.3 is 0 Å². The Morgan fingerprint density at radius 2 is 2.00 bits per heavy atom. The molecule has 1 aliphatic carbocycles. The van der Waals surface area contributed by atoms with Crippen molar-refractivity contribution < 1.29 is 8.91 Å². The number of rotatable bonds is 6. The second-order valence-corrected chi connectivity index (χ2v) is 9.00. The van der Waals surface area contributed by atoms with Gasteiger partial charge in [-0.15, -0.1) is 0 Å². The molecule has 4 heterocycles. The van der Waals surface area contributed by atoms with E-state index in [2.05, 4.69) is 33.2 Å². The van der Waals surface area contributed by atoms with Crippen molar-refractivity contribution in [3.8, 4) is 28.3 Å². The molecule has 2 unspecified atom stereocenters. The van der Waals surface area contributed by atoms with Crippen molar-refractivity contribution in [1.82, 2.24) is 24.5 Å². The van der Waals surface area contributed by atoms with E-state index in [0.717, 1.165) is 57.6 Å². The van der Waals surface area contributed by atoms with Gasteiger partial charge < -0.3 is 9.09 Å². The number of aryl methyl sites for hydroxylation is 2. The maximum atomic E-state index is 13.8. The van der Waals surface area contributed by atoms with Gasteiger partial charge in [0.15, 0.2) is 6.30 Å². The Balaban J connectivity index is 1.72. The third kappa shape index (κ3) is 3.71. The summed E-state index contributed by atoms with van der Waals surface area (Å²) in [6.07, 6.45) is 11.1. The highest BCUT2D eigenvalue weighted by molar-refractivity contribution is 5.95. The van der Waals surface area contributed by atoms with E-state index in [0.29, 0.717) is 12.3 Å². The zero-order chi connectivity index (χ0) is 23.1. The third-order valence-corrected chi connectivity index (χ3v) is 6.87. The molecule has 8 heteroatoms. The van der Waals surface area contributed by atoms with Crippen LogP contribution < -0.4 is 0 Å². The van der Waals surface area contributed by atoms with Gasteiger partial charge in [-0.25, -0.2) is 9.07 Å². The number of nitrogens with zero attached hydrogens (tertiary/aromatic N) is 6. The van der Waals surface area contributed by atoms with E-state index in [4.69, 9.17) is 9.51 Å². The first kappa shape index (κ1) is 21.4. The molecule has 0 saturated heterocycles. The summed E-state index contributed by atoms with van der Waals surface area (Å²) in [5, 5.41) is 17.9.